The molecule has 3 unspecified atom stereocenters. The second-order valence-corrected chi connectivity index (χ2v) is 6.49. The Hall–Kier alpha value is -0.980. The Kier molecular flexibility index (Phi) is 4.05. The first kappa shape index (κ1) is 14.0. The van der Waals surface area contributed by atoms with Crippen molar-refractivity contribution in [3.63, 3.8) is 0 Å². The van der Waals surface area contributed by atoms with Crippen LogP contribution >= 0.6 is 11.3 Å². The van der Waals surface area contributed by atoms with Gasteiger partial charge in [0, 0.05) is 30.9 Å². The van der Waals surface area contributed by atoms with Crippen LogP contribution in [0.3, 0.4) is 0 Å². The van der Waals surface area contributed by atoms with Crippen LogP contribution in [-0.4, -0.2) is 46.8 Å². The van der Waals surface area contributed by atoms with E-state index in [4.69, 9.17) is 4.74 Å². The first-order valence-electron chi connectivity index (χ1n) is 7.19. The van der Waals surface area contributed by atoms with Crippen molar-refractivity contribution in [1.82, 2.24) is 9.88 Å². The van der Waals surface area contributed by atoms with Gasteiger partial charge in [-0.1, -0.05) is 0 Å². The number of carbonyl (C=O) groups excluding carboxylic acids is 1. The van der Waals surface area contributed by atoms with E-state index >= 15 is 0 Å². The van der Waals surface area contributed by atoms with Crippen LogP contribution in [0.25, 0.3) is 0 Å². The lowest BCUT2D eigenvalue weighted by molar-refractivity contribution is 0.0525. The van der Waals surface area contributed by atoms with Crippen molar-refractivity contribution in [2.75, 3.05) is 19.7 Å². The Labute approximate surface area is 122 Å². The zero-order valence-electron chi connectivity index (χ0n) is 11.6. The van der Waals surface area contributed by atoms with Crippen molar-refractivity contribution in [2.45, 2.75) is 32.4 Å². The number of esters is 1. The smallest absolute Gasteiger partial charge is 0.367 e. The van der Waals surface area contributed by atoms with E-state index in [1.165, 1.54) is 11.3 Å². The molecule has 20 heavy (non-hydrogen) atoms. The van der Waals surface area contributed by atoms with Crippen molar-refractivity contribution in [3.05, 3.63) is 16.1 Å². The summed E-state index contributed by atoms with van der Waals surface area (Å²) in [6.07, 6.45) is 1.95. The molecule has 0 bridgehead atoms. The maximum absolute atomic E-state index is 11.6. The van der Waals surface area contributed by atoms with E-state index in [0.717, 1.165) is 38.2 Å². The quantitative estimate of drug-likeness (QED) is 0.854. The number of aromatic nitrogens is 1. The molecule has 1 aliphatic carbocycles. The highest BCUT2D eigenvalue weighted by Crippen LogP contribution is 2.38. The van der Waals surface area contributed by atoms with Crippen LogP contribution in [0.5, 0.6) is 0 Å². The lowest BCUT2D eigenvalue weighted by atomic mass is 10.00. The second-order valence-electron chi connectivity index (χ2n) is 5.63. The molecule has 1 aliphatic heterocycles. The molecule has 5 nitrogen and oxygen atoms in total. The molecule has 1 aromatic heterocycles. The molecule has 110 valence electrons. The third kappa shape index (κ3) is 2.73. The Morgan fingerprint density at radius 1 is 1.55 bits per heavy atom. The van der Waals surface area contributed by atoms with Gasteiger partial charge in [0.1, 0.15) is 0 Å². The van der Waals surface area contributed by atoms with Gasteiger partial charge in [-0.25, -0.2) is 9.78 Å². The summed E-state index contributed by atoms with van der Waals surface area (Å²) < 4.78 is 4.95. The number of aliphatic hydroxyl groups is 1. The van der Waals surface area contributed by atoms with Crippen LogP contribution in [0.2, 0.25) is 0 Å². The highest BCUT2D eigenvalue weighted by atomic mass is 32.1. The van der Waals surface area contributed by atoms with E-state index in [1.54, 1.807) is 6.92 Å². The summed E-state index contributed by atoms with van der Waals surface area (Å²) in [6.45, 7) is 4.91. The van der Waals surface area contributed by atoms with Crippen molar-refractivity contribution in [3.8, 4) is 0 Å². The number of aliphatic hydroxyl groups excluding tert-OH is 1. The summed E-state index contributed by atoms with van der Waals surface area (Å²) in [4.78, 5) is 18.3. The zero-order chi connectivity index (χ0) is 14.1. The highest BCUT2D eigenvalue weighted by Gasteiger charge is 2.41. The maximum atomic E-state index is 11.6. The van der Waals surface area contributed by atoms with E-state index in [0.29, 0.717) is 23.5 Å². The Morgan fingerprint density at radius 2 is 2.40 bits per heavy atom. The largest absolute Gasteiger partial charge is 0.461 e. The van der Waals surface area contributed by atoms with Gasteiger partial charge in [0.05, 0.1) is 18.4 Å². The van der Waals surface area contributed by atoms with Gasteiger partial charge in [0.15, 0.2) is 0 Å². The van der Waals surface area contributed by atoms with Crippen molar-refractivity contribution in [2.24, 2.45) is 11.8 Å². The Bertz CT molecular complexity index is 491. The molecule has 6 heteroatoms. The third-order valence-corrected chi connectivity index (χ3v) is 5.15. The molecule has 0 radical (unpaired) electrons. The predicted octanol–water partition coefficient (Wildman–Crippen LogP) is 1.52. The molecule has 3 rings (SSSR count). The van der Waals surface area contributed by atoms with Crippen LogP contribution in [-0.2, 0) is 11.3 Å². The molecular formula is C14H20N2O3S. The lowest BCUT2D eigenvalue weighted by Crippen LogP contribution is -2.24. The van der Waals surface area contributed by atoms with Crippen LogP contribution < -0.4 is 0 Å². The molecule has 2 heterocycles. The molecule has 2 aliphatic rings. The molecule has 2 fully saturated rings. The first-order valence-corrected chi connectivity index (χ1v) is 8.07. The van der Waals surface area contributed by atoms with Gasteiger partial charge in [0.2, 0.25) is 5.01 Å². The van der Waals surface area contributed by atoms with Gasteiger partial charge in [-0.3, -0.25) is 4.90 Å². The Balaban J connectivity index is 1.58. The van der Waals surface area contributed by atoms with Crippen molar-refractivity contribution in [1.29, 1.82) is 0 Å². The van der Waals surface area contributed by atoms with E-state index in [2.05, 4.69) is 9.88 Å². The highest BCUT2D eigenvalue weighted by molar-refractivity contribution is 7.11. The van der Waals surface area contributed by atoms with Gasteiger partial charge in [-0.2, -0.15) is 0 Å². The second kappa shape index (κ2) is 5.79. The van der Waals surface area contributed by atoms with E-state index < -0.39 is 0 Å². The predicted molar refractivity (Wildman–Crippen MR) is 75.6 cm³/mol. The summed E-state index contributed by atoms with van der Waals surface area (Å²) in [6, 6.07) is 0. The number of carbonyl (C=O) groups is 1. The van der Waals surface area contributed by atoms with Gasteiger partial charge in [-0.15, -0.1) is 11.3 Å². The van der Waals surface area contributed by atoms with Crippen molar-refractivity contribution >= 4 is 17.3 Å². The number of nitrogens with zero attached hydrogens (tertiary/aromatic N) is 2. The molecule has 1 saturated heterocycles. The van der Waals surface area contributed by atoms with E-state index in [9.17, 15) is 9.90 Å². The Morgan fingerprint density at radius 3 is 3.15 bits per heavy atom. The summed E-state index contributed by atoms with van der Waals surface area (Å²) in [5.41, 5.74) is 0.924. The monoisotopic (exact) mass is 296 g/mol. The lowest BCUT2D eigenvalue weighted by Gasteiger charge is -2.16. The van der Waals surface area contributed by atoms with Crippen LogP contribution in [0.1, 0.15) is 35.3 Å². The SMILES string of the molecule is CCOC(=O)c1nc(CN2CC3CCC(O)C3C2)cs1. The molecule has 0 spiro atoms. The molecule has 0 aromatic carbocycles. The minimum absolute atomic E-state index is 0.129. The summed E-state index contributed by atoms with van der Waals surface area (Å²) in [7, 11) is 0. The van der Waals surface area contributed by atoms with Crippen LogP contribution in [0.4, 0.5) is 0 Å². The van der Waals surface area contributed by atoms with E-state index in [-0.39, 0.29) is 12.1 Å². The van der Waals surface area contributed by atoms with E-state index in [1.807, 2.05) is 5.38 Å². The molecule has 1 N–H and O–H groups in total. The van der Waals surface area contributed by atoms with Gasteiger partial charge >= 0.3 is 5.97 Å². The van der Waals surface area contributed by atoms with Gasteiger partial charge in [-0.05, 0) is 25.7 Å². The fourth-order valence-corrected chi connectivity index (χ4v) is 4.05. The first-order chi connectivity index (χ1) is 9.67. The number of hydrogen-bond acceptors (Lipinski definition) is 6. The number of fused-ring (bicyclic) bond motifs is 1. The molecule has 3 atom stereocenters. The number of rotatable bonds is 4. The average Bonchev–Trinajstić information content (AvgIpc) is 3.09. The van der Waals surface area contributed by atoms with Crippen LogP contribution in [0.15, 0.2) is 5.38 Å². The minimum Gasteiger partial charge on any atom is -0.461 e. The average molecular weight is 296 g/mol. The normalized spacial score (nSPS) is 29.6. The van der Waals surface area contributed by atoms with Crippen molar-refractivity contribution < 1.29 is 14.6 Å². The molecule has 1 aromatic rings. The zero-order valence-corrected chi connectivity index (χ0v) is 12.4. The van der Waals surface area contributed by atoms with Gasteiger partial charge in [0.25, 0.3) is 0 Å². The fraction of sp³-hybridized carbons (Fsp3) is 0.714. The third-order valence-electron chi connectivity index (χ3n) is 4.28. The molecule has 0 amide bonds. The van der Waals surface area contributed by atoms with Crippen LogP contribution in [0, 0.1) is 11.8 Å². The summed E-state index contributed by atoms with van der Waals surface area (Å²) in [5, 5.41) is 12.3. The summed E-state index contributed by atoms with van der Waals surface area (Å²) >= 11 is 1.34. The number of ether oxygens (including phenoxy) is 1. The topological polar surface area (TPSA) is 62.7 Å². The standard InChI is InChI=1S/C14H20N2O3S/c1-2-19-14(18)13-15-10(8-20-13)6-16-5-9-3-4-12(17)11(9)7-16/h8-9,11-12,17H,2-7H2,1H3. The minimum atomic E-state index is -0.336. The summed E-state index contributed by atoms with van der Waals surface area (Å²) in [5.74, 6) is 0.726. The number of hydrogen-bond donors (Lipinski definition) is 1. The number of likely N-dealkylation sites (tertiary alicyclic amines) is 1. The maximum Gasteiger partial charge on any atom is 0.367 e. The molecule has 1 saturated carbocycles. The fourth-order valence-electron chi connectivity index (χ4n) is 3.35. The number of thiazole rings is 1. The van der Waals surface area contributed by atoms with Gasteiger partial charge < -0.3 is 9.84 Å². The molecular weight excluding hydrogens is 276 g/mol.